The van der Waals surface area contributed by atoms with Crippen molar-refractivity contribution in [3.8, 4) is 0 Å². The van der Waals surface area contributed by atoms with Crippen LogP contribution in [0.1, 0.15) is 40.3 Å². The standard InChI is InChI=1S/C18H23N3O3S/c1-10(2)15(21-17(23)14-6-5-7-25-14)18(24)19-9-13-11(3)8-12(4)20-16(13)22/h5-8,10,15H,9H2,1-4H3,(H,19,24)(H,20,22)(H,21,23)/t15-/m0/s1. The van der Waals surface area contributed by atoms with Crippen LogP contribution in [0.3, 0.4) is 0 Å². The van der Waals surface area contributed by atoms with Crippen LogP contribution in [0.15, 0.2) is 28.4 Å². The number of nitrogens with one attached hydrogen (secondary N) is 3. The number of aromatic nitrogens is 1. The number of H-pyrrole nitrogens is 1. The van der Waals surface area contributed by atoms with Gasteiger partial charge < -0.3 is 15.6 Å². The summed E-state index contributed by atoms with van der Waals surface area (Å²) < 4.78 is 0. The van der Waals surface area contributed by atoms with Gasteiger partial charge in [-0.2, -0.15) is 0 Å². The van der Waals surface area contributed by atoms with E-state index in [1.54, 1.807) is 12.1 Å². The van der Waals surface area contributed by atoms with Crippen molar-refractivity contribution in [1.29, 1.82) is 0 Å². The lowest BCUT2D eigenvalue weighted by molar-refractivity contribution is -0.124. The lowest BCUT2D eigenvalue weighted by atomic mass is 10.0. The zero-order chi connectivity index (χ0) is 18.6. The number of aromatic amines is 1. The Balaban J connectivity index is 2.06. The molecule has 0 unspecified atom stereocenters. The Morgan fingerprint density at radius 1 is 1.28 bits per heavy atom. The highest BCUT2D eigenvalue weighted by molar-refractivity contribution is 7.12. The second-order valence-corrected chi connectivity index (χ2v) is 7.28. The third-order valence-electron chi connectivity index (χ3n) is 3.91. The molecular weight excluding hydrogens is 338 g/mol. The molecule has 7 heteroatoms. The first-order valence-electron chi connectivity index (χ1n) is 8.11. The third kappa shape index (κ3) is 4.79. The molecule has 0 aliphatic carbocycles. The zero-order valence-corrected chi connectivity index (χ0v) is 15.6. The highest BCUT2D eigenvalue weighted by atomic mass is 32.1. The van der Waals surface area contributed by atoms with Gasteiger partial charge in [0.2, 0.25) is 5.91 Å². The summed E-state index contributed by atoms with van der Waals surface area (Å²) in [5, 5.41) is 7.34. The van der Waals surface area contributed by atoms with Gasteiger partial charge in [-0.1, -0.05) is 19.9 Å². The minimum atomic E-state index is -0.667. The zero-order valence-electron chi connectivity index (χ0n) is 14.8. The molecule has 0 saturated heterocycles. The molecule has 0 spiro atoms. The van der Waals surface area contributed by atoms with Gasteiger partial charge in [-0.25, -0.2) is 0 Å². The third-order valence-corrected chi connectivity index (χ3v) is 4.78. The van der Waals surface area contributed by atoms with E-state index in [0.717, 1.165) is 11.3 Å². The van der Waals surface area contributed by atoms with Crippen molar-refractivity contribution in [2.75, 3.05) is 0 Å². The Bertz CT molecular complexity index is 809. The number of carbonyl (C=O) groups is 2. The minimum absolute atomic E-state index is 0.0821. The molecule has 2 heterocycles. The van der Waals surface area contributed by atoms with Gasteiger partial charge in [0.15, 0.2) is 0 Å². The average molecular weight is 361 g/mol. The predicted octanol–water partition coefficient (Wildman–Crippen LogP) is 2.12. The second-order valence-electron chi connectivity index (χ2n) is 6.33. The number of pyridine rings is 1. The fraction of sp³-hybridized carbons (Fsp3) is 0.389. The summed E-state index contributed by atoms with van der Waals surface area (Å²) in [4.78, 5) is 40.1. The normalized spacial score (nSPS) is 12.0. The summed E-state index contributed by atoms with van der Waals surface area (Å²) in [5.41, 5.74) is 1.92. The van der Waals surface area contributed by atoms with Crippen LogP contribution in [-0.2, 0) is 11.3 Å². The number of thiophene rings is 1. The lowest BCUT2D eigenvalue weighted by Crippen LogP contribution is -2.49. The van der Waals surface area contributed by atoms with E-state index in [2.05, 4.69) is 15.6 Å². The molecule has 0 bridgehead atoms. The fourth-order valence-corrected chi connectivity index (χ4v) is 3.17. The lowest BCUT2D eigenvalue weighted by Gasteiger charge is -2.21. The van der Waals surface area contributed by atoms with Crippen molar-refractivity contribution in [2.45, 2.75) is 40.3 Å². The van der Waals surface area contributed by atoms with Gasteiger partial charge >= 0.3 is 0 Å². The van der Waals surface area contributed by atoms with Gasteiger partial charge in [-0.15, -0.1) is 11.3 Å². The molecule has 2 aromatic heterocycles. The number of hydrogen-bond acceptors (Lipinski definition) is 4. The first-order chi connectivity index (χ1) is 11.8. The Hall–Kier alpha value is -2.41. The van der Waals surface area contributed by atoms with E-state index in [4.69, 9.17) is 0 Å². The van der Waals surface area contributed by atoms with Crippen molar-refractivity contribution in [2.24, 2.45) is 5.92 Å². The smallest absolute Gasteiger partial charge is 0.262 e. The Labute approximate surface area is 150 Å². The summed E-state index contributed by atoms with van der Waals surface area (Å²) >= 11 is 1.32. The van der Waals surface area contributed by atoms with Crippen molar-refractivity contribution in [3.05, 3.63) is 55.6 Å². The summed E-state index contributed by atoms with van der Waals surface area (Å²) in [6.45, 7) is 7.50. The molecule has 3 N–H and O–H groups in total. The quantitative estimate of drug-likeness (QED) is 0.736. The Kier molecular flexibility index (Phi) is 6.14. The largest absolute Gasteiger partial charge is 0.350 e. The minimum Gasteiger partial charge on any atom is -0.350 e. The maximum atomic E-state index is 12.5. The average Bonchev–Trinajstić information content (AvgIpc) is 3.05. The van der Waals surface area contributed by atoms with E-state index >= 15 is 0 Å². The molecule has 0 aromatic carbocycles. The molecule has 1 atom stereocenters. The van der Waals surface area contributed by atoms with Crippen LogP contribution in [0, 0.1) is 19.8 Å². The first kappa shape index (κ1) is 18.9. The van der Waals surface area contributed by atoms with Gasteiger partial charge in [0, 0.05) is 17.8 Å². The molecule has 25 heavy (non-hydrogen) atoms. The van der Waals surface area contributed by atoms with E-state index in [1.165, 1.54) is 11.3 Å². The molecule has 2 aromatic rings. The van der Waals surface area contributed by atoms with Crippen LogP contribution < -0.4 is 16.2 Å². The summed E-state index contributed by atoms with van der Waals surface area (Å²) in [7, 11) is 0. The molecular formula is C18H23N3O3S. The van der Waals surface area contributed by atoms with Crippen LogP contribution in [0.25, 0.3) is 0 Å². The fourth-order valence-electron chi connectivity index (χ4n) is 2.54. The van der Waals surface area contributed by atoms with Gasteiger partial charge in [-0.05, 0) is 42.8 Å². The van der Waals surface area contributed by atoms with E-state index in [-0.39, 0.29) is 29.8 Å². The molecule has 6 nitrogen and oxygen atoms in total. The number of carbonyl (C=O) groups excluding carboxylic acids is 2. The van der Waals surface area contributed by atoms with Gasteiger partial charge in [-0.3, -0.25) is 14.4 Å². The van der Waals surface area contributed by atoms with Crippen LogP contribution in [0.4, 0.5) is 0 Å². The number of hydrogen-bond donors (Lipinski definition) is 3. The van der Waals surface area contributed by atoms with E-state index < -0.39 is 6.04 Å². The van der Waals surface area contributed by atoms with Crippen molar-refractivity contribution in [3.63, 3.8) is 0 Å². The summed E-state index contributed by atoms with van der Waals surface area (Å²) in [6.07, 6.45) is 0. The number of aryl methyl sites for hydroxylation is 2. The van der Waals surface area contributed by atoms with Crippen LogP contribution in [-0.4, -0.2) is 22.8 Å². The number of rotatable bonds is 6. The second kappa shape index (κ2) is 8.11. The monoisotopic (exact) mass is 361 g/mol. The van der Waals surface area contributed by atoms with Crippen LogP contribution in [0.5, 0.6) is 0 Å². The van der Waals surface area contributed by atoms with Crippen molar-refractivity contribution < 1.29 is 9.59 Å². The van der Waals surface area contributed by atoms with E-state index in [9.17, 15) is 14.4 Å². The topological polar surface area (TPSA) is 91.1 Å². The Morgan fingerprint density at radius 3 is 2.56 bits per heavy atom. The highest BCUT2D eigenvalue weighted by Gasteiger charge is 2.25. The van der Waals surface area contributed by atoms with Crippen LogP contribution in [0.2, 0.25) is 0 Å². The molecule has 2 amide bonds. The summed E-state index contributed by atoms with van der Waals surface area (Å²) in [6, 6.07) is 4.70. The van der Waals surface area contributed by atoms with Gasteiger partial charge in [0.1, 0.15) is 6.04 Å². The number of amides is 2. The van der Waals surface area contributed by atoms with Crippen LogP contribution >= 0.6 is 11.3 Å². The maximum Gasteiger partial charge on any atom is 0.262 e. The summed E-state index contributed by atoms with van der Waals surface area (Å²) in [5.74, 6) is -0.659. The molecule has 0 saturated carbocycles. The highest BCUT2D eigenvalue weighted by Crippen LogP contribution is 2.11. The Morgan fingerprint density at radius 2 is 2.00 bits per heavy atom. The van der Waals surface area contributed by atoms with Crippen molar-refractivity contribution >= 4 is 23.2 Å². The maximum absolute atomic E-state index is 12.5. The first-order valence-corrected chi connectivity index (χ1v) is 8.99. The SMILES string of the molecule is Cc1cc(C)c(CNC(=O)[C@@H](NC(=O)c2cccs2)C(C)C)c(=O)[nH]1. The van der Waals surface area contributed by atoms with Gasteiger partial charge in [0.25, 0.3) is 11.5 Å². The molecule has 0 aliphatic rings. The van der Waals surface area contributed by atoms with E-state index in [1.807, 2.05) is 39.1 Å². The molecule has 0 radical (unpaired) electrons. The molecule has 0 fully saturated rings. The van der Waals surface area contributed by atoms with E-state index in [0.29, 0.717) is 10.4 Å². The predicted molar refractivity (Wildman–Crippen MR) is 98.8 cm³/mol. The van der Waals surface area contributed by atoms with Gasteiger partial charge in [0.05, 0.1) is 4.88 Å². The molecule has 2 rings (SSSR count). The van der Waals surface area contributed by atoms with Crippen molar-refractivity contribution in [1.82, 2.24) is 15.6 Å². The molecule has 134 valence electrons. The molecule has 0 aliphatic heterocycles.